The Kier molecular flexibility index (Phi) is 3.22. The Morgan fingerprint density at radius 3 is 2.56 bits per heavy atom. The lowest BCUT2D eigenvalue weighted by Gasteiger charge is -2.22. The predicted molar refractivity (Wildman–Crippen MR) is 60.2 cm³/mol. The summed E-state index contributed by atoms with van der Waals surface area (Å²) in [6.07, 6.45) is -2.93. The van der Waals surface area contributed by atoms with E-state index in [9.17, 15) is 18.0 Å². The van der Waals surface area contributed by atoms with Crippen LogP contribution in [0.4, 0.5) is 18.3 Å². The van der Waals surface area contributed by atoms with Crippen LogP contribution in [-0.2, 0) is 0 Å². The van der Waals surface area contributed by atoms with Crippen molar-refractivity contribution in [3.05, 3.63) is 10.6 Å². The van der Waals surface area contributed by atoms with Gasteiger partial charge in [0, 0.05) is 10.9 Å². The summed E-state index contributed by atoms with van der Waals surface area (Å²) in [5.74, 6) is -1.21. The Hall–Kier alpha value is -1.31. The molecule has 1 aliphatic rings. The fourth-order valence-corrected chi connectivity index (χ4v) is 2.61. The number of anilines is 1. The third-order valence-corrected chi connectivity index (χ3v) is 3.58. The van der Waals surface area contributed by atoms with Gasteiger partial charge in [0.25, 0.3) is 0 Å². The first-order chi connectivity index (χ1) is 8.28. The number of nitrogens with zero attached hydrogens (tertiary/aromatic N) is 2. The van der Waals surface area contributed by atoms with E-state index >= 15 is 0 Å². The number of halogens is 3. The van der Waals surface area contributed by atoms with E-state index in [-0.39, 0.29) is 16.9 Å². The first kappa shape index (κ1) is 13.1. The summed E-state index contributed by atoms with van der Waals surface area (Å²) in [5, 5.41) is 8.99. The van der Waals surface area contributed by atoms with Crippen LogP contribution in [0.5, 0.6) is 0 Å². The van der Waals surface area contributed by atoms with Crippen LogP contribution in [0, 0.1) is 6.92 Å². The van der Waals surface area contributed by atoms with Crippen LogP contribution >= 0.6 is 11.3 Å². The second-order valence-corrected chi connectivity index (χ2v) is 5.36. The predicted octanol–water partition coefficient (Wildman–Crippen LogP) is 2.68. The Morgan fingerprint density at radius 2 is 2.17 bits per heavy atom. The molecule has 8 heteroatoms. The van der Waals surface area contributed by atoms with Gasteiger partial charge in [-0.25, -0.2) is 9.78 Å². The smallest absolute Gasteiger partial charge is 0.406 e. The minimum atomic E-state index is -4.31. The van der Waals surface area contributed by atoms with Crippen molar-refractivity contribution in [1.82, 2.24) is 4.98 Å². The molecule has 0 amide bonds. The average molecular weight is 280 g/mol. The molecule has 0 saturated heterocycles. The number of aryl methyl sites for hydroxylation is 1. The van der Waals surface area contributed by atoms with Crippen LogP contribution in [0.15, 0.2) is 0 Å². The Labute approximate surface area is 105 Å². The van der Waals surface area contributed by atoms with Gasteiger partial charge in [-0.3, -0.25) is 0 Å². The zero-order chi connectivity index (χ0) is 13.5. The van der Waals surface area contributed by atoms with Crippen molar-refractivity contribution in [2.24, 2.45) is 0 Å². The Morgan fingerprint density at radius 1 is 1.56 bits per heavy atom. The van der Waals surface area contributed by atoms with E-state index in [1.54, 1.807) is 6.92 Å². The first-order valence-electron chi connectivity index (χ1n) is 5.32. The molecule has 1 saturated carbocycles. The highest BCUT2D eigenvalue weighted by Crippen LogP contribution is 2.37. The molecule has 0 unspecified atom stereocenters. The number of alkyl halides is 3. The number of aromatic carboxylic acids is 1. The monoisotopic (exact) mass is 280 g/mol. The van der Waals surface area contributed by atoms with Crippen LogP contribution < -0.4 is 4.90 Å². The maximum atomic E-state index is 12.5. The fourth-order valence-electron chi connectivity index (χ4n) is 1.64. The summed E-state index contributed by atoms with van der Waals surface area (Å²) < 4.78 is 37.4. The summed E-state index contributed by atoms with van der Waals surface area (Å²) >= 11 is 0.994. The van der Waals surface area contributed by atoms with Crippen molar-refractivity contribution in [1.29, 1.82) is 0 Å². The van der Waals surface area contributed by atoms with Crippen molar-refractivity contribution in [3.8, 4) is 0 Å². The molecule has 4 nitrogen and oxygen atoms in total. The Bertz CT molecular complexity index is 468. The summed E-state index contributed by atoms with van der Waals surface area (Å²) in [6, 6.07) is -0.168. The highest BCUT2D eigenvalue weighted by atomic mass is 32.1. The molecule has 0 aliphatic heterocycles. The molecule has 0 atom stereocenters. The number of carboxylic acids is 1. The molecule has 1 aromatic rings. The molecule has 0 spiro atoms. The molecule has 0 radical (unpaired) electrons. The maximum absolute atomic E-state index is 12.5. The third kappa shape index (κ3) is 2.92. The lowest BCUT2D eigenvalue weighted by atomic mass is 10.4. The zero-order valence-corrected chi connectivity index (χ0v) is 10.3. The highest BCUT2D eigenvalue weighted by Gasteiger charge is 2.39. The van der Waals surface area contributed by atoms with Gasteiger partial charge in [-0.1, -0.05) is 0 Å². The molecule has 2 rings (SSSR count). The zero-order valence-electron chi connectivity index (χ0n) is 9.49. The molecule has 1 aliphatic carbocycles. The van der Waals surface area contributed by atoms with Gasteiger partial charge in [0.15, 0.2) is 10.8 Å². The third-order valence-electron chi connectivity index (χ3n) is 2.57. The van der Waals surface area contributed by atoms with Crippen LogP contribution in [0.25, 0.3) is 0 Å². The van der Waals surface area contributed by atoms with Gasteiger partial charge in [0.1, 0.15) is 6.54 Å². The van der Waals surface area contributed by atoms with Gasteiger partial charge in [-0.15, -0.1) is 11.3 Å². The molecule has 0 bridgehead atoms. The van der Waals surface area contributed by atoms with Crippen molar-refractivity contribution in [2.75, 3.05) is 11.4 Å². The van der Waals surface area contributed by atoms with Crippen molar-refractivity contribution < 1.29 is 23.1 Å². The van der Waals surface area contributed by atoms with Gasteiger partial charge in [0.2, 0.25) is 0 Å². The minimum absolute atomic E-state index is 0.143. The van der Waals surface area contributed by atoms with Gasteiger partial charge < -0.3 is 10.0 Å². The van der Waals surface area contributed by atoms with E-state index < -0.39 is 18.7 Å². The summed E-state index contributed by atoms with van der Waals surface area (Å²) in [7, 11) is 0. The van der Waals surface area contributed by atoms with Crippen LogP contribution in [0.3, 0.4) is 0 Å². The minimum Gasteiger partial charge on any atom is -0.476 e. The summed E-state index contributed by atoms with van der Waals surface area (Å²) in [6.45, 7) is 0.465. The summed E-state index contributed by atoms with van der Waals surface area (Å²) in [4.78, 5) is 16.2. The van der Waals surface area contributed by atoms with Crippen LogP contribution in [0.1, 0.15) is 28.2 Å². The SMILES string of the molecule is Cc1sc(N(CC(F)(F)F)C2CC2)nc1C(=O)O. The quantitative estimate of drug-likeness (QED) is 0.921. The molecular formula is C10H11F3N2O2S. The topological polar surface area (TPSA) is 53.4 Å². The van der Waals surface area contributed by atoms with Crippen molar-refractivity contribution in [2.45, 2.75) is 32.0 Å². The van der Waals surface area contributed by atoms with Gasteiger partial charge in [-0.2, -0.15) is 13.2 Å². The van der Waals surface area contributed by atoms with E-state index in [1.807, 2.05) is 0 Å². The molecule has 1 aromatic heterocycles. The molecule has 0 aromatic carbocycles. The molecule has 18 heavy (non-hydrogen) atoms. The van der Waals surface area contributed by atoms with Crippen molar-refractivity contribution >= 4 is 22.4 Å². The highest BCUT2D eigenvalue weighted by molar-refractivity contribution is 7.15. The van der Waals surface area contributed by atoms with Crippen molar-refractivity contribution in [3.63, 3.8) is 0 Å². The number of carbonyl (C=O) groups is 1. The van der Waals surface area contributed by atoms with Gasteiger partial charge >= 0.3 is 12.1 Å². The fraction of sp³-hybridized carbons (Fsp3) is 0.600. The number of rotatable bonds is 4. The standard InChI is InChI=1S/C10H11F3N2O2S/c1-5-7(8(16)17)14-9(18-5)15(6-2-3-6)4-10(11,12)13/h6H,2-4H2,1H3,(H,16,17). The number of thiazole rings is 1. The molecule has 1 heterocycles. The average Bonchev–Trinajstić information content (AvgIpc) is 2.96. The van der Waals surface area contributed by atoms with Gasteiger partial charge in [0.05, 0.1) is 0 Å². The van der Waals surface area contributed by atoms with E-state index in [1.165, 1.54) is 0 Å². The van der Waals surface area contributed by atoms with Gasteiger partial charge in [-0.05, 0) is 19.8 Å². The second-order valence-electron chi connectivity index (χ2n) is 4.18. The maximum Gasteiger partial charge on any atom is 0.406 e. The van der Waals surface area contributed by atoms with Crippen LogP contribution in [-0.4, -0.2) is 34.8 Å². The van der Waals surface area contributed by atoms with Crippen LogP contribution in [0.2, 0.25) is 0 Å². The molecular weight excluding hydrogens is 269 g/mol. The Balaban J connectivity index is 2.26. The van der Waals surface area contributed by atoms with E-state index in [0.717, 1.165) is 16.2 Å². The largest absolute Gasteiger partial charge is 0.476 e. The van der Waals surface area contributed by atoms with E-state index in [4.69, 9.17) is 5.11 Å². The first-order valence-corrected chi connectivity index (χ1v) is 6.13. The van der Waals surface area contributed by atoms with E-state index in [2.05, 4.69) is 4.98 Å². The number of hydrogen-bond acceptors (Lipinski definition) is 4. The number of aromatic nitrogens is 1. The lowest BCUT2D eigenvalue weighted by molar-refractivity contribution is -0.120. The number of hydrogen-bond donors (Lipinski definition) is 1. The van der Waals surface area contributed by atoms with E-state index in [0.29, 0.717) is 17.7 Å². The lowest BCUT2D eigenvalue weighted by Crippen LogP contribution is -2.35. The normalized spacial score (nSPS) is 15.8. The second kappa shape index (κ2) is 4.42. The summed E-state index contributed by atoms with van der Waals surface area (Å²) in [5.41, 5.74) is -0.164. The molecule has 1 fully saturated rings. The molecule has 100 valence electrons. The molecule has 1 N–H and O–H groups in total. The number of carboxylic acid groups (broad SMARTS) is 1.